The fourth-order valence-electron chi connectivity index (χ4n) is 1.30. The first-order valence-electron chi connectivity index (χ1n) is 5.70. The van der Waals surface area contributed by atoms with Crippen molar-refractivity contribution in [1.29, 1.82) is 0 Å². The fourth-order valence-corrected chi connectivity index (χ4v) is 2.71. The maximum absolute atomic E-state index is 5.58. The second-order valence-corrected chi connectivity index (χ2v) is 7.23. The van der Waals surface area contributed by atoms with E-state index in [-0.39, 0.29) is 5.60 Å². The van der Waals surface area contributed by atoms with Crippen molar-refractivity contribution in [2.45, 2.75) is 39.5 Å². The highest BCUT2D eigenvalue weighted by atomic mass is 28.3. The summed E-state index contributed by atoms with van der Waals surface area (Å²) in [6.07, 6.45) is 1.83. The molecule has 0 aliphatic heterocycles. The van der Waals surface area contributed by atoms with E-state index in [4.69, 9.17) is 4.43 Å². The lowest BCUT2D eigenvalue weighted by atomic mass is 10.2. The molecule has 0 aliphatic rings. The van der Waals surface area contributed by atoms with Crippen LogP contribution < -0.4 is 0 Å². The van der Waals surface area contributed by atoms with E-state index < -0.39 is 9.04 Å². The third kappa shape index (κ3) is 9.68. The highest BCUT2D eigenvalue weighted by Crippen LogP contribution is 2.07. The molecule has 1 rings (SSSR count). The van der Waals surface area contributed by atoms with Crippen LogP contribution in [0.5, 0.6) is 0 Å². The van der Waals surface area contributed by atoms with E-state index in [0.29, 0.717) is 0 Å². The second-order valence-electron chi connectivity index (χ2n) is 4.89. The second kappa shape index (κ2) is 7.42. The quantitative estimate of drug-likeness (QED) is 0.702. The molecule has 1 aromatic rings. The summed E-state index contributed by atoms with van der Waals surface area (Å²) in [5, 5.41) is 0. The molecule has 1 nitrogen and oxygen atoms in total. The van der Waals surface area contributed by atoms with E-state index >= 15 is 0 Å². The molecule has 2 heteroatoms. The van der Waals surface area contributed by atoms with Gasteiger partial charge in [0.1, 0.15) is 0 Å². The topological polar surface area (TPSA) is 9.23 Å². The van der Waals surface area contributed by atoms with Crippen molar-refractivity contribution in [3.63, 3.8) is 0 Å². The molecule has 0 aromatic heterocycles. The molecule has 0 unspecified atom stereocenters. The normalized spacial score (nSPS) is 10.6. The van der Waals surface area contributed by atoms with Crippen molar-refractivity contribution < 1.29 is 4.43 Å². The molecular weight excluding hydrogens is 212 g/mol. The van der Waals surface area contributed by atoms with Crippen LogP contribution in [0.4, 0.5) is 0 Å². The molecule has 0 amide bonds. The van der Waals surface area contributed by atoms with Gasteiger partial charge in [-0.2, -0.15) is 0 Å². The molecule has 0 radical (unpaired) electrons. The highest BCUT2D eigenvalue weighted by molar-refractivity contribution is 6.48. The summed E-state index contributed by atoms with van der Waals surface area (Å²) in [7, 11) is -0.796. The van der Waals surface area contributed by atoms with Crippen LogP contribution in [0.15, 0.2) is 36.9 Å². The third-order valence-electron chi connectivity index (χ3n) is 1.62. The van der Waals surface area contributed by atoms with Gasteiger partial charge >= 0.3 is 0 Å². The molecule has 90 valence electrons. The van der Waals surface area contributed by atoms with E-state index in [1.54, 1.807) is 0 Å². The first kappa shape index (κ1) is 15.1. The molecule has 0 spiro atoms. The number of rotatable bonds is 2. The van der Waals surface area contributed by atoms with Crippen molar-refractivity contribution in [3.05, 3.63) is 42.5 Å². The minimum atomic E-state index is -0.796. The molecule has 0 saturated carbocycles. The van der Waals surface area contributed by atoms with E-state index in [9.17, 15) is 0 Å². The van der Waals surface area contributed by atoms with E-state index in [1.807, 2.05) is 36.4 Å². The van der Waals surface area contributed by atoms with Gasteiger partial charge in [-0.1, -0.05) is 43.0 Å². The van der Waals surface area contributed by atoms with Crippen LogP contribution in [-0.2, 0) is 4.43 Å². The zero-order valence-electron chi connectivity index (χ0n) is 11.2. The average molecular weight is 236 g/mol. The maximum atomic E-state index is 5.58. The van der Waals surface area contributed by atoms with Gasteiger partial charge in [-0.05, 0) is 39.4 Å². The monoisotopic (exact) mass is 236 g/mol. The Morgan fingerprint density at radius 3 is 1.81 bits per heavy atom. The van der Waals surface area contributed by atoms with E-state index in [1.165, 1.54) is 5.56 Å². The van der Waals surface area contributed by atoms with Crippen LogP contribution in [0.3, 0.4) is 0 Å². The first-order valence-corrected chi connectivity index (χ1v) is 8.48. The van der Waals surface area contributed by atoms with Crippen LogP contribution in [0.2, 0.25) is 13.1 Å². The molecular formula is C14H24OSi. The summed E-state index contributed by atoms with van der Waals surface area (Å²) >= 11 is 0. The first-order chi connectivity index (χ1) is 7.35. The summed E-state index contributed by atoms with van der Waals surface area (Å²) < 4.78 is 5.58. The molecule has 0 N–H and O–H groups in total. The zero-order chi connectivity index (χ0) is 12.6. The smallest absolute Gasteiger partial charge is 0.171 e. The summed E-state index contributed by atoms with van der Waals surface area (Å²) in [5.74, 6) is 0. The van der Waals surface area contributed by atoms with Gasteiger partial charge in [0, 0.05) is 5.60 Å². The maximum Gasteiger partial charge on any atom is 0.171 e. The minimum absolute atomic E-state index is 0.0837. The van der Waals surface area contributed by atoms with Gasteiger partial charge < -0.3 is 4.43 Å². The molecule has 0 heterocycles. The lowest BCUT2D eigenvalue weighted by Crippen LogP contribution is -2.25. The zero-order valence-corrected chi connectivity index (χ0v) is 12.3. The third-order valence-corrected chi connectivity index (χ3v) is 2.80. The summed E-state index contributed by atoms with van der Waals surface area (Å²) in [5.41, 5.74) is 1.26. The predicted octanol–water partition coefficient (Wildman–Crippen LogP) is 4.11. The van der Waals surface area contributed by atoms with Crippen LogP contribution in [0.1, 0.15) is 26.3 Å². The highest BCUT2D eigenvalue weighted by Gasteiger charge is 2.11. The van der Waals surface area contributed by atoms with Gasteiger partial charge in [0.25, 0.3) is 0 Å². The minimum Gasteiger partial charge on any atom is -0.416 e. The number of benzene rings is 1. The van der Waals surface area contributed by atoms with Crippen molar-refractivity contribution >= 4 is 15.1 Å². The molecule has 0 saturated heterocycles. The Bertz CT molecular complexity index is 285. The Kier molecular flexibility index (Phi) is 7.02. The Labute approximate surface area is 102 Å². The average Bonchev–Trinajstić information content (AvgIpc) is 2.16. The molecule has 0 atom stereocenters. The van der Waals surface area contributed by atoms with Crippen molar-refractivity contribution in [3.8, 4) is 0 Å². The van der Waals surface area contributed by atoms with Gasteiger partial charge in [-0.25, -0.2) is 0 Å². The standard InChI is InChI=1S/C8H8.C6H16OSi/c1-2-8-6-4-3-5-7-8;1-6(2,3)7-8(4)5/h2-7H,1H2;8H,1-5H3. The predicted molar refractivity (Wildman–Crippen MR) is 76.2 cm³/mol. The van der Waals surface area contributed by atoms with Gasteiger partial charge in [-0.15, -0.1) is 0 Å². The van der Waals surface area contributed by atoms with E-state index in [2.05, 4.69) is 40.4 Å². The molecule has 0 fully saturated rings. The number of hydrogen-bond acceptors (Lipinski definition) is 1. The lowest BCUT2D eigenvalue weighted by Gasteiger charge is -2.22. The van der Waals surface area contributed by atoms with E-state index in [0.717, 1.165) is 0 Å². The molecule has 0 aliphatic carbocycles. The Hall–Kier alpha value is -0.863. The summed E-state index contributed by atoms with van der Waals surface area (Å²) in [6.45, 7) is 14.3. The fraction of sp³-hybridized carbons (Fsp3) is 0.429. The van der Waals surface area contributed by atoms with Crippen molar-refractivity contribution in [2.24, 2.45) is 0 Å². The summed E-state index contributed by atoms with van der Waals surface area (Å²) in [4.78, 5) is 0. The van der Waals surface area contributed by atoms with Crippen LogP contribution in [0.25, 0.3) is 6.08 Å². The van der Waals surface area contributed by atoms with Crippen LogP contribution in [0, 0.1) is 0 Å². The molecule has 0 bridgehead atoms. The van der Waals surface area contributed by atoms with Gasteiger partial charge in [0.15, 0.2) is 9.04 Å². The Morgan fingerprint density at radius 1 is 1.12 bits per heavy atom. The van der Waals surface area contributed by atoms with Crippen LogP contribution >= 0.6 is 0 Å². The van der Waals surface area contributed by atoms with Crippen LogP contribution in [-0.4, -0.2) is 14.6 Å². The Balaban J connectivity index is 0.000000281. The largest absolute Gasteiger partial charge is 0.416 e. The summed E-state index contributed by atoms with van der Waals surface area (Å²) in [6, 6.07) is 10.0. The Morgan fingerprint density at radius 2 is 1.62 bits per heavy atom. The lowest BCUT2D eigenvalue weighted by molar-refractivity contribution is 0.132. The van der Waals surface area contributed by atoms with Crippen molar-refractivity contribution in [1.82, 2.24) is 0 Å². The SMILES string of the molecule is C=Cc1ccccc1.C[SiH](C)OC(C)(C)C. The van der Waals surface area contributed by atoms with Gasteiger partial charge in [-0.3, -0.25) is 0 Å². The van der Waals surface area contributed by atoms with Gasteiger partial charge in [0.2, 0.25) is 0 Å². The van der Waals surface area contributed by atoms with Crippen molar-refractivity contribution in [2.75, 3.05) is 0 Å². The van der Waals surface area contributed by atoms with Gasteiger partial charge in [0.05, 0.1) is 0 Å². The molecule has 1 aromatic carbocycles. The molecule has 16 heavy (non-hydrogen) atoms. The number of hydrogen-bond donors (Lipinski definition) is 0.